The molecule has 1 aromatic carbocycles. The van der Waals surface area contributed by atoms with Gasteiger partial charge in [-0.05, 0) is 37.5 Å². The van der Waals surface area contributed by atoms with Crippen LogP contribution in [0, 0.1) is 5.82 Å². The van der Waals surface area contributed by atoms with Crippen molar-refractivity contribution in [3.63, 3.8) is 0 Å². The van der Waals surface area contributed by atoms with Crippen molar-refractivity contribution in [2.24, 2.45) is 0 Å². The van der Waals surface area contributed by atoms with Crippen LogP contribution in [-0.2, 0) is 21.6 Å². The molecule has 0 amide bonds. The molecule has 0 spiro atoms. The Morgan fingerprint density at radius 2 is 2.28 bits per heavy atom. The maximum absolute atomic E-state index is 13.7. The van der Waals surface area contributed by atoms with E-state index in [0.717, 1.165) is 0 Å². The van der Waals surface area contributed by atoms with Crippen LogP contribution in [-0.4, -0.2) is 5.97 Å². The first-order valence-electron chi connectivity index (χ1n) is 5.80. The number of hydrogen-bond donors (Lipinski definition) is 0. The number of carbonyl (C=O) groups is 1. The topological polar surface area (TPSA) is 26.3 Å². The van der Waals surface area contributed by atoms with Gasteiger partial charge < -0.3 is 4.74 Å². The Morgan fingerprint density at radius 1 is 1.56 bits per heavy atom. The summed E-state index contributed by atoms with van der Waals surface area (Å²) < 4.78 is 19.1. The molecule has 1 aromatic rings. The average Bonchev–Trinajstić information content (AvgIpc) is 2.70. The molecule has 1 aliphatic carbocycles. The van der Waals surface area contributed by atoms with Crippen molar-refractivity contribution in [1.29, 1.82) is 0 Å². The first-order chi connectivity index (χ1) is 8.50. The van der Waals surface area contributed by atoms with E-state index >= 15 is 0 Å². The monoisotopic (exact) mass is 246 g/mol. The minimum absolute atomic E-state index is 0.261. The predicted octanol–water partition coefficient (Wildman–Crippen LogP) is 3.27. The fraction of sp³-hybridized carbons (Fsp3) is 0.267. The van der Waals surface area contributed by atoms with Crippen LogP contribution >= 0.6 is 0 Å². The molecule has 0 aromatic heterocycles. The molecule has 18 heavy (non-hydrogen) atoms. The highest BCUT2D eigenvalue weighted by Gasteiger charge is 2.41. The summed E-state index contributed by atoms with van der Waals surface area (Å²) in [6.07, 6.45) is 2.63. The standard InChI is InChI=1S/C15H15FO2/c1-4-15(18-14(17)10(2)3)9-8-11-12(15)6-5-7-13(11)16/h4-7H,1-2,8-9H2,3H3. The SMILES string of the molecule is C=CC1(OC(=O)C(=C)C)CCc2c(F)cccc21. The molecule has 3 heteroatoms. The molecule has 0 saturated carbocycles. The van der Waals surface area contributed by atoms with E-state index in [0.29, 0.717) is 29.5 Å². The van der Waals surface area contributed by atoms with E-state index in [1.165, 1.54) is 6.07 Å². The number of fused-ring (bicyclic) bond motifs is 1. The third-order valence-electron chi connectivity index (χ3n) is 3.27. The summed E-state index contributed by atoms with van der Waals surface area (Å²) in [5.74, 6) is -0.741. The molecule has 0 bridgehead atoms. The largest absolute Gasteiger partial charge is 0.447 e. The van der Waals surface area contributed by atoms with Gasteiger partial charge in [-0.1, -0.05) is 25.3 Å². The smallest absolute Gasteiger partial charge is 0.334 e. The molecule has 0 aliphatic heterocycles. The Balaban J connectivity index is 2.44. The molecule has 0 radical (unpaired) electrons. The second-order valence-electron chi connectivity index (χ2n) is 4.53. The summed E-state index contributed by atoms with van der Waals surface area (Å²) in [7, 11) is 0. The summed E-state index contributed by atoms with van der Waals surface area (Å²) >= 11 is 0. The molecule has 2 nitrogen and oxygen atoms in total. The zero-order valence-corrected chi connectivity index (χ0v) is 10.3. The third kappa shape index (κ3) is 1.86. The van der Waals surface area contributed by atoms with Crippen molar-refractivity contribution in [1.82, 2.24) is 0 Å². The predicted molar refractivity (Wildman–Crippen MR) is 67.5 cm³/mol. The van der Waals surface area contributed by atoms with Crippen molar-refractivity contribution < 1.29 is 13.9 Å². The minimum atomic E-state index is -0.923. The van der Waals surface area contributed by atoms with Crippen LogP contribution in [0.15, 0.2) is 43.0 Å². The van der Waals surface area contributed by atoms with Crippen LogP contribution in [0.5, 0.6) is 0 Å². The number of rotatable bonds is 3. The maximum atomic E-state index is 13.7. The minimum Gasteiger partial charge on any atom is -0.447 e. The Bertz CT molecular complexity index is 533. The number of halogens is 1. The summed E-state index contributed by atoms with van der Waals surface area (Å²) in [4.78, 5) is 11.7. The number of esters is 1. The molecule has 94 valence electrons. The van der Waals surface area contributed by atoms with Gasteiger partial charge in [0.15, 0.2) is 5.60 Å². The first kappa shape index (κ1) is 12.6. The van der Waals surface area contributed by atoms with Gasteiger partial charge in [0.2, 0.25) is 0 Å². The molecule has 1 aliphatic rings. The summed E-state index contributed by atoms with van der Waals surface area (Å²) in [6.45, 7) is 8.86. The van der Waals surface area contributed by atoms with Crippen molar-refractivity contribution in [2.45, 2.75) is 25.4 Å². The van der Waals surface area contributed by atoms with Crippen LogP contribution in [0.3, 0.4) is 0 Å². The fourth-order valence-corrected chi connectivity index (χ4v) is 2.27. The van der Waals surface area contributed by atoms with Gasteiger partial charge in [0.25, 0.3) is 0 Å². The maximum Gasteiger partial charge on any atom is 0.334 e. The molecule has 0 fully saturated rings. The zero-order valence-electron chi connectivity index (χ0n) is 10.3. The number of carbonyl (C=O) groups excluding carboxylic acids is 1. The third-order valence-corrected chi connectivity index (χ3v) is 3.27. The lowest BCUT2D eigenvalue weighted by Crippen LogP contribution is -2.28. The van der Waals surface area contributed by atoms with Crippen LogP contribution in [0.4, 0.5) is 4.39 Å². The normalized spacial score (nSPS) is 21.2. The molecule has 1 unspecified atom stereocenters. The van der Waals surface area contributed by atoms with Gasteiger partial charge >= 0.3 is 5.97 Å². The van der Waals surface area contributed by atoms with E-state index in [9.17, 15) is 9.18 Å². The van der Waals surface area contributed by atoms with Crippen molar-refractivity contribution >= 4 is 5.97 Å². The Labute approximate surface area is 106 Å². The molecule has 1 atom stereocenters. The summed E-state index contributed by atoms with van der Waals surface area (Å²) in [5.41, 5.74) is 0.688. The lowest BCUT2D eigenvalue weighted by Gasteiger charge is -2.26. The van der Waals surface area contributed by atoms with E-state index in [-0.39, 0.29) is 5.82 Å². The lowest BCUT2D eigenvalue weighted by atomic mass is 9.95. The highest BCUT2D eigenvalue weighted by atomic mass is 19.1. The summed E-state index contributed by atoms with van der Waals surface area (Å²) in [6, 6.07) is 4.81. The van der Waals surface area contributed by atoms with E-state index in [1.807, 2.05) is 0 Å². The van der Waals surface area contributed by atoms with Gasteiger partial charge in [-0.3, -0.25) is 0 Å². The van der Waals surface area contributed by atoms with Gasteiger partial charge in [0.05, 0.1) is 0 Å². The van der Waals surface area contributed by atoms with Gasteiger partial charge in [0, 0.05) is 11.1 Å². The fourth-order valence-electron chi connectivity index (χ4n) is 2.27. The second-order valence-corrected chi connectivity index (χ2v) is 4.53. The Kier molecular flexibility index (Phi) is 3.07. The van der Waals surface area contributed by atoms with Crippen LogP contribution in [0.2, 0.25) is 0 Å². The molecule has 0 heterocycles. The Hall–Kier alpha value is -1.90. The molecular formula is C15H15FO2. The lowest BCUT2D eigenvalue weighted by molar-refractivity contribution is -0.151. The number of ether oxygens (including phenoxy) is 1. The van der Waals surface area contributed by atoms with Gasteiger partial charge in [0.1, 0.15) is 5.82 Å². The average molecular weight is 246 g/mol. The van der Waals surface area contributed by atoms with E-state index < -0.39 is 11.6 Å². The zero-order chi connectivity index (χ0) is 13.3. The molecule has 2 rings (SSSR count). The van der Waals surface area contributed by atoms with Crippen LogP contribution in [0.25, 0.3) is 0 Å². The van der Waals surface area contributed by atoms with Crippen LogP contribution < -0.4 is 0 Å². The van der Waals surface area contributed by atoms with Crippen LogP contribution in [0.1, 0.15) is 24.5 Å². The molecule has 0 N–H and O–H groups in total. The van der Waals surface area contributed by atoms with E-state index in [2.05, 4.69) is 13.2 Å². The summed E-state index contributed by atoms with van der Waals surface area (Å²) in [5, 5.41) is 0. The van der Waals surface area contributed by atoms with E-state index in [4.69, 9.17) is 4.74 Å². The Morgan fingerprint density at radius 3 is 2.89 bits per heavy atom. The van der Waals surface area contributed by atoms with Crippen molar-refractivity contribution in [2.75, 3.05) is 0 Å². The molecular weight excluding hydrogens is 231 g/mol. The number of benzene rings is 1. The van der Waals surface area contributed by atoms with Crippen molar-refractivity contribution in [3.05, 3.63) is 60.0 Å². The quantitative estimate of drug-likeness (QED) is 0.465. The highest BCUT2D eigenvalue weighted by Crippen LogP contribution is 2.42. The first-order valence-corrected chi connectivity index (χ1v) is 5.80. The van der Waals surface area contributed by atoms with Gasteiger partial charge in [-0.2, -0.15) is 0 Å². The van der Waals surface area contributed by atoms with Gasteiger partial charge in [-0.25, -0.2) is 9.18 Å². The highest BCUT2D eigenvalue weighted by molar-refractivity contribution is 5.87. The van der Waals surface area contributed by atoms with Gasteiger partial charge in [-0.15, -0.1) is 0 Å². The number of hydrogen-bond acceptors (Lipinski definition) is 2. The molecule has 0 saturated heterocycles. The van der Waals surface area contributed by atoms with Crippen molar-refractivity contribution in [3.8, 4) is 0 Å². The van der Waals surface area contributed by atoms with E-state index in [1.54, 1.807) is 25.1 Å². The second kappa shape index (κ2) is 4.41.